The van der Waals surface area contributed by atoms with Gasteiger partial charge in [0.1, 0.15) is 5.75 Å². The summed E-state index contributed by atoms with van der Waals surface area (Å²) >= 11 is 0. The van der Waals surface area contributed by atoms with Crippen molar-refractivity contribution in [3.05, 3.63) is 35.9 Å². The standard InChI is InChI=1S/C20H30N2O2.ClH/c1-16-4-9-18(10-5-16)22(15-14-21(2)3)20(24)13-8-17-6-11-19(23)12-7-17;/h6-8,11-13,16,18,23H,4-5,9-10,14-15H2,1-3H3;1H/t16-,18-;. The van der Waals surface area contributed by atoms with Crippen molar-refractivity contribution >= 4 is 24.4 Å². The first-order valence-electron chi connectivity index (χ1n) is 8.88. The zero-order valence-corrected chi connectivity index (χ0v) is 16.3. The summed E-state index contributed by atoms with van der Waals surface area (Å²) in [6, 6.07) is 7.25. The molecule has 0 heterocycles. The summed E-state index contributed by atoms with van der Waals surface area (Å²) in [4.78, 5) is 16.9. The number of amides is 1. The molecule has 1 amide bonds. The molecule has 2 rings (SSSR count). The first kappa shape index (κ1) is 21.5. The third-order valence-corrected chi connectivity index (χ3v) is 4.81. The summed E-state index contributed by atoms with van der Waals surface area (Å²) in [7, 11) is 4.08. The molecule has 4 nitrogen and oxygen atoms in total. The van der Waals surface area contributed by atoms with Crippen molar-refractivity contribution in [3.63, 3.8) is 0 Å². The fraction of sp³-hybridized carbons (Fsp3) is 0.550. The van der Waals surface area contributed by atoms with Gasteiger partial charge >= 0.3 is 0 Å². The van der Waals surface area contributed by atoms with Crippen molar-refractivity contribution in [2.24, 2.45) is 5.92 Å². The molecule has 0 atom stereocenters. The molecule has 25 heavy (non-hydrogen) atoms. The van der Waals surface area contributed by atoms with Crippen molar-refractivity contribution in [1.29, 1.82) is 0 Å². The number of aromatic hydroxyl groups is 1. The highest BCUT2D eigenvalue weighted by Gasteiger charge is 2.26. The van der Waals surface area contributed by atoms with Crippen LogP contribution in [0.3, 0.4) is 0 Å². The summed E-state index contributed by atoms with van der Waals surface area (Å²) in [5.74, 6) is 1.10. The first-order chi connectivity index (χ1) is 11.5. The van der Waals surface area contributed by atoms with Crippen molar-refractivity contribution in [2.75, 3.05) is 27.2 Å². The third-order valence-electron chi connectivity index (χ3n) is 4.81. The van der Waals surface area contributed by atoms with E-state index in [1.165, 1.54) is 12.8 Å². The van der Waals surface area contributed by atoms with Gasteiger partial charge in [0.2, 0.25) is 5.91 Å². The molecule has 0 saturated heterocycles. The van der Waals surface area contributed by atoms with Crippen molar-refractivity contribution in [1.82, 2.24) is 9.80 Å². The number of phenolic OH excluding ortho intramolecular Hbond substituents is 1. The van der Waals surface area contributed by atoms with Crippen molar-refractivity contribution < 1.29 is 9.90 Å². The van der Waals surface area contributed by atoms with Crippen molar-refractivity contribution in [2.45, 2.75) is 38.6 Å². The van der Waals surface area contributed by atoms with Crippen LogP contribution in [-0.2, 0) is 4.79 Å². The molecule has 0 spiro atoms. The van der Waals surface area contributed by atoms with E-state index in [1.807, 2.05) is 37.2 Å². The Morgan fingerprint density at radius 2 is 1.72 bits per heavy atom. The molecule has 1 aromatic rings. The smallest absolute Gasteiger partial charge is 0.246 e. The average molecular weight is 367 g/mol. The van der Waals surface area contributed by atoms with E-state index in [0.717, 1.165) is 37.4 Å². The number of carbonyl (C=O) groups excluding carboxylic acids is 1. The van der Waals surface area contributed by atoms with Crippen LogP contribution in [0.4, 0.5) is 0 Å². The molecule has 1 fully saturated rings. The van der Waals surface area contributed by atoms with Gasteiger partial charge in [-0.3, -0.25) is 4.79 Å². The van der Waals surface area contributed by atoms with E-state index in [-0.39, 0.29) is 24.1 Å². The van der Waals surface area contributed by atoms with Gasteiger partial charge < -0.3 is 14.9 Å². The van der Waals surface area contributed by atoms with E-state index < -0.39 is 0 Å². The predicted octanol–water partition coefficient (Wildman–Crippen LogP) is 3.80. The molecule has 0 unspecified atom stereocenters. The summed E-state index contributed by atoms with van der Waals surface area (Å²) < 4.78 is 0. The predicted molar refractivity (Wildman–Crippen MR) is 106 cm³/mol. The van der Waals surface area contributed by atoms with Gasteiger partial charge in [-0.15, -0.1) is 12.4 Å². The maximum absolute atomic E-state index is 12.7. The lowest BCUT2D eigenvalue weighted by atomic mass is 9.86. The van der Waals surface area contributed by atoms with Gasteiger partial charge in [-0.1, -0.05) is 19.1 Å². The summed E-state index contributed by atoms with van der Waals surface area (Å²) in [5, 5.41) is 9.33. The van der Waals surface area contributed by atoms with Crippen LogP contribution in [0, 0.1) is 5.92 Å². The highest BCUT2D eigenvalue weighted by molar-refractivity contribution is 5.92. The Hall–Kier alpha value is -1.52. The molecule has 0 aliphatic heterocycles. The molecule has 5 heteroatoms. The van der Waals surface area contributed by atoms with Crippen LogP contribution < -0.4 is 0 Å². The molecule has 1 aliphatic rings. The maximum Gasteiger partial charge on any atom is 0.246 e. The average Bonchev–Trinajstić information content (AvgIpc) is 2.56. The van der Waals surface area contributed by atoms with E-state index in [4.69, 9.17) is 0 Å². The Morgan fingerprint density at radius 3 is 2.28 bits per heavy atom. The number of carbonyl (C=O) groups is 1. The molecular weight excluding hydrogens is 336 g/mol. The van der Waals surface area contributed by atoms with Gasteiger partial charge in [-0.2, -0.15) is 0 Å². The van der Waals surface area contributed by atoms with Crippen LogP contribution in [-0.4, -0.2) is 54.0 Å². The molecule has 1 aromatic carbocycles. The second-order valence-corrected chi connectivity index (χ2v) is 7.17. The Bertz CT molecular complexity index is 549. The highest BCUT2D eigenvalue weighted by Crippen LogP contribution is 2.27. The Balaban J connectivity index is 0.00000312. The zero-order valence-electron chi connectivity index (χ0n) is 15.5. The zero-order chi connectivity index (χ0) is 17.5. The topological polar surface area (TPSA) is 43.8 Å². The van der Waals surface area contributed by atoms with Crippen LogP contribution in [0.5, 0.6) is 5.75 Å². The van der Waals surface area contributed by atoms with Gasteiger partial charge in [0.15, 0.2) is 0 Å². The second-order valence-electron chi connectivity index (χ2n) is 7.17. The molecule has 0 aromatic heterocycles. The second kappa shape index (κ2) is 10.5. The molecule has 1 aliphatic carbocycles. The van der Waals surface area contributed by atoms with Crippen molar-refractivity contribution in [3.8, 4) is 5.75 Å². The molecule has 140 valence electrons. The van der Waals surface area contributed by atoms with E-state index >= 15 is 0 Å². The third kappa shape index (κ3) is 7.09. The molecule has 1 N–H and O–H groups in total. The number of nitrogens with zero attached hydrogens (tertiary/aromatic N) is 2. The lowest BCUT2D eigenvalue weighted by molar-refractivity contribution is -0.129. The minimum Gasteiger partial charge on any atom is -0.508 e. The summed E-state index contributed by atoms with van der Waals surface area (Å²) in [6.07, 6.45) is 8.12. The van der Waals surface area contributed by atoms with E-state index in [0.29, 0.717) is 6.04 Å². The molecule has 0 bridgehead atoms. The lowest BCUT2D eigenvalue weighted by Crippen LogP contribution is -2.44. The molecular formula is C20H31ClN2O2. The van der Waals surface area contributed by atoms with Gasteiger partial charge in [-0.25, -0.2) is 0 Å². The Morgan fingerprint density at radius 1 is 1.12 bits per heavy atom. The maximum atomic E-state index is 12.7. The van der Waals surface area contributed by atoms with E-state index in [9.17, 15) is 9.90 Å². The lowest BCUT2D eigenvalue weighted by Gasteiger charge is -2.36. The number of hydrogen-bond donors (Lipinski definition) is 1. The van der Waals surface area contributed by atoms with Gasteiger partial charge in [0.25, 0.3) is 0 Å². The number of likely N-dealkylation sites (N-methyl/N-ethyl adjacent to an activating group) is 1. The highest BCUT2D eigenvalue weighted by atomic mass is 35.5. The van der Waals surface area contributed by atoms with Gasteiger partial charge in [0.05, 0.1) is 0 Å². The number of halogens is 1. The first-order valence-corrected chi connectivity index (χ1v) is 8.88. The molecule has 1 saturated carbocycles. The fourth-order valence-electron chi connectivity index (χ4n) is 3.18. The quantitative estimate of drug-likeness (QED) is 0.779. The van der Waals surface area contributed by atoms with Crippen LogP contribution in [0.15, 0.2) is 30.3 Å². The monoisotopic (exact) mass is 366 g/mol. The van der Waals surface area contributed by atoms with Crippen LogP contribution in [0.2, 0.25) is 0 Å². The number of benzene rings is 1. The minimum absolute atomic E-state index is 0. The largest absolute Gasteiger partial charge is 0.508 e. The fourth-order valence-corrected chi connectivity index (χ4v) is 3.18. The van der Waals surface area contributed by atoms with Crippen LogP contribution in [0.25, 0.3) is 6.08 Å². The summed E-state index contributed by atoms with van der Waals surface area (Å²) in [6.45, 7) is 3.95. The van der Waals surface area contributed by atoms with Crippen LogP contribution in [0.1, 0.15) is 38.2 Å². The van der Waals surface area contributed by atoms with Crippen LogP contribution >= 0.6 is 12.4 Å². The van der Waals surface area contributed by atoms with Gasteiger partial charge in [0, 0.05) is 25.2 Å². The van der Waals surface area contributed by atoms with E-state index in [2.05, 4.69) is 11.8 Å². The normalized spacial score (nSPS) is 20.5. The Labute approximate surface area is 157 Å². The number of hydrogen-bond acceptors (Lipinski definition) is 3. The van der Waals surface area contributed by atoms with E-state index in [1.54, 1.807) is 18.2 Å². The summed E-state index contributed by atoms with van der Waals surface area (Å²) in [5.41, 5.74) is 0.922. The molecule has 0 radical (unpaired) electrons. The van der Waals surface area contributed by atoms with Gasteiger partial charge in [-0.05, 0) is 69.5 Å². The number of phenols is 1. The Kier molecular flexibility index (Phi) is 9.01. The minimum atomic E-state index is 0. The number of rotatable bonds is 6. The SMILES string of the molecule is CN(C)CCN(C(=O)C=Cc1ccc(O)cc1)[C@H]1CC[C@H](C)CC1.Cl.